The van der Waals surface area contributed by atoms with Crippen molar-refractivity contribution in [3.8, 4) is 0 Å². The third kappa shape index (κ3) is 2.94. The molecule has 2 rings (SSSR count). The van der Waals surface area contributed by atoms with E-state index in [4.69, 9.17) is 9.52 Å². The quantitative estimate of drug-likeness (QED) is 0.765. The molecule has 0 aliphatic heterocycles. The summed E-state index contributed by atoms with van der Waals surface area (Å²) in [5.74, 6) is -1.17. The molecule has 0 fully saturated rings. The summed E-state index contributed by atoms with van der Waals surface area (Å²) in [4.78, 5) is 21.9. The summed E-state index contributed by atoms with van der Waals surface area (Å²) in [7, 11) is 0. The van der Waals surface area contributed by atoms with E-state index in [-0.39, 0.29) is 24.8 Å². The molecule has 0 spiro atoms. The number of nitrogens with zero attached hydrogens (tertiary/aromatic N) is 3. The molecule has 2 N–H and O–H groups in total. The maximum Gasteiger partial charge on any atom is 0.325 e. The van der Waals surface area contributed by atoms with Crippen LogP contribution in [0.15, 0.2) is 29.0 Å². The van der Waals surface area contributed by atoms with Crippen molar-refractivity contribution in [2.24, 2.45) is 0 Å². The highest BCUT2D eigenvalue weighted by Crippen LogP contribution is 2.00. The summed E-state index contributed by atoms with van der Waals surface area (Å²) in [5, 5.41) is 18.5. The average molecular weight is 250 g/mol. The second-order valence-corrected chi connectivity index (χ2v) is 3.46. The van der Waals surface area contributed by atoms with Gasteiger partial charge in [-0.05, 0) is 12.1 Å². The number of carboxylic acid groups (broad SMARTS) is 1. The van der Waals surface area contributed by atoms with Gasteiger partial charge in [0.2, 0.25) is 0 Å². The minimum absolute atomic E-state index is 0.152. The van der Waals surface area contributed by atoms with Crippen LogP contribution in [-0.4, -0.2) is 32.0 Å². The number of carboxylic acids is 1. The summed E-state index contributed by atoms with van der Waals surface area (Å²) < 4.78 is 6.09. The summed E-state index contributed by atoms with van der Waals surface area (Å²) in [6, 6.07) is 3.15. The zero-order chi connectivity index (χ0) is 13.0. The monoisotopic (exact) mass is 250 g/mol. The zero-order valence-corrected chi connectivity index (χ0v) is 9.24. The van der Waals surface area contributed by atoms with Gasteiger partial charge < -0.3 is 14.8 Å². The molecule has 94 valence electrons. The molecule has 2 aromatic rings. The molecule has 0 saturated carbocycles. The van der Waals surface area contributed by atoms with Crippen LogP contribution in [0, 0.1) is 0 Å². The first-order valence-corrected chi connectivity index (χ1v) is 5.07. The van der Waals surface area contributed by atoms with Crippen LogP contribution in [0.25, 0.3) is 0 Å². The molecule has 0 bridgehead atoms. The molecule has 8 nitrogen and oxygen atoms in total. The van der Waals surface area contributed by atoms with Crippen molar-refractivity contribution in [2.75, 3.05) is 0 Å². The molecule has 0 aromatic carbocycles. The smallest absolute Gasteiger partial charge is 0.325 e. The van der Waals surface area contributed by atoms with Crippen molar-refractivity contribution in [1.29, 1.82) is 0 Å². The molecule has 0 unspecified atom stereocenters. The number of hydrogen-bond donors (Lipinski definition) is 2. The number of aromatic nitrogens is 3. The molecule has 2 heterocycles. The molecular weight excluding hydrogens is 240 g/mol. The molecule has 0 aliphatic rings. The first-order valence-electron chi connectivity index (χ1n) is 5.07. The molecule has 0 atom stereocenters. The van der Waals surface area contributed by atoms with E-state index in [2.05, 4.69) is 15.6 Å². The first kappa shape index (κ1) is 11.8. The lowest BCUT2D eigenvalue weighted by atomic mass is 10.4. The fraction of sp³-hybridized carbons (Fsp3) is 0.200. The topological polar surface area (TPSA) is 110 Å². The number of nitrogens with one attached hydrogen (secondary N) is 1. The lowest BCUT2D eigenvalue weighted by Crippen LogP contribution is -2.22. The minimum atomic E-state index is -1.01. The second kappa shape index (κ2) is 5.13. The van der Waals surface area contributed by atoms with Crippen LogP contribution in [0.5, 0.6) is 0 Å². The first-order chi connectivity index (χ1) is 8.65. The van der Waals surface area contributed by atoms with Crippen LogP contribution < -0.4 is 5.32 Å². The lowest BCUT2D eigenvalue weighted by Gasteiger charge is -1.98. The van der Waals surface area contributed by atoms with Crippen LogP contribution in [0.1, 0.15) is 16.2 Å². The molecular formula is C10H10N4O4. The van der Waals surface area contributed by atoms with Crippen LogP contribution in [0.4, 0.5) is 0 Å². The maximum atomic E-state index is 11.5. The largest absolute Gasteiger partial charge is 0.480 e. The fourth-order valence-corrected chi connectivity index (χ4v) is 1.30. The highest BCUT2D eigenvalue weighted by Gasteiger charge is 2.09. The van der Waals surface area contributed by atoms with Crippen molar-refractivity contribution in [3.05, 3.63) is 36.0 Å². The van der Waals surface area contributed by atoms with Crippen LogP contribution >= 0.6 is 0 Å². The van der Waals surface area contributed by atoms with Gasteiger partial charge >= 0.3 is 5.97 Å². The van der Waals surface area contributed by atoms with E-state index in [1.807, 2.05) is 0 Å². The third-order valence-corrected chi connectivity index (χ3v) is 2.06. The number of aliphatic carboxylic acids is 1. The Morgan fingerprint density at radius 2 is 2.33 bits per heavy atom. The van der Waals surface area contributed by atoms with Gasteiger partial charge in [-0.2, -0.15) is 0 Å². The molecule has 1 amide bonds. The average Bonchev–Trinajstić information content (AvgIpc) is 2.95. The van der Waals surface area contributed by atoms with Gasteiger partial charge in [-0.25, -0.2) is 4.68 Å². The van der Waals surface area contributed by atoms with Crippen molar-refractivity contribution in [3.63, 3.8) is 0 Å². The molecule has 18 heavy (non-hydrogen) atoms. The summed E-state index contributed by atoms with van der Waals surface area (Å²) in [6.45, 7) is -0.113. The number of furan rings is 1. The van der Waals surface area contributed by atoms with Gasteiger partial charge in [0, 0.05) is 0 Å². The predicted octanol–water partition coefficient (Wildman–Crippen LogP) is -0.114. The highest BCUT2D eigenvalue weighted by atomic mass is 16.4. The number of hydrogen-bond acceptors (Lipinski definition) is 5. The highest BCUT2D eigenvalue weighted by molar-refractivity contribution is 5.91. The number of rotatable bonds is 5. The molecule has 8 heteroatoms. The second-order valence-electron chi connectivity index (χ2n) is 3.46. The number of carbonyl (C=O) groups excluding carboxylic acids is 1. The van der Waals surface area contributed by atoms with Crippen LogP contribution in [-0.2, 0) is 17.9 Å². The van der Waals surface area contributed by atoms with E-state index < -0.39 is 5.97 Å². The maximum absolute atomic E-state index is 11.5. The van der Waals surface area contributed by atoms with E-state index >= 15 is 0 Å². The molecule has 0 aliphatic carbocycles. The van der Waals surface area contributed by atoms with Gasteiger partial charge in [0.15, 0.2) is 5.76 Å². The Kier molecular flexibility index (Phi) is 3.37. The van der Waals surface area contributed by atoms with Crippen molar-refractivity contribution >= 4 is 11.9 Å². The van der Waals surface area contributed by atoms with Gasteiger partial charge in [0.25, 0.3) is 5.91 Å². The Hall–Kier alpha value is -2.64. The van der Waals surface area contributed by atoms with E-state index in [1.165, 1.54) is 23.2 Å². The van der Waals surface area contributed by atoms with E-state index in [0.29, 0.717) is 5.69 Å². The van der Waals surface area contributed by atoms with Crippen molar-refractivity contribution < 1.29 is 19.1 Å². The summed E-state index contributed by atoms with van der Waals surface area (Å²) >= 11 is 0. The summed E-state index contributed by atoms with van der Waals surface area (Å²) in [5.41, 5.74) is 0.469. The molecule has 2 aromatic heterocycles. The summed E-state index contributed by atoms with van der Waals surface area (Å²) in [6.07, 6.45) is 2.86. The van der Waals surface area contributed by atoms with Gasteiger partial charge in [-0.3, -0.25) is 9.59 Å². The zero-order valence-electron chi connectivity index (χ0n) is 9.24. The van der Waals surface area contributed by atoms with Crippen molar-refractivity contribution in [2.45, 2.75) is 13.1 Å². The lowest BCUT2D eigenvalue weighted by molar-refractivity contribution is -0.137. The molecule has 0 saturated heterocycles. The number of amides is 1. The van der Waals surface area contributed by atoms with Gasteiger partial charge in [-0.15, -0.1) is 5.10 Å². The Labute approximate surface area is 101 Å². The van der Waals surface area contributed by atoms with Gasteiger partial charge in [0.1, 0.15) is 12.2 Å². The predicted molar refractivity (Wildman–Crippen MR) is 57.5 cm³/mol. The standard InChI is InChI=1S/C10H10N4O4/c15-9(16)6-14-5-7(12-13-14)4-11-10(17)8-2-1-3-18-8/h1-3,5H,4,6H2,(H,11,17)(H,15,16). The minimum Gasteiger partial charge on any atom is -0.480 e. The Balaban J connectivity index is 1.88. The van der Waals surface area contributed by atoms with E-state index in [0.717, 1.165) is 0 Å². The number of carbonyl (C=O) groups is 2. The van der Waals surface area contributed by atoms with Gasteiger partial charge in [0.05, 0.1) is 19.0 Å². The molecule has 0 radical (unpaired) electrons. The van der Waals surface area contributed by atoms with Crippen LogP contribution in [0.3, 0.4) is 0 Å². The Bertz CT molecular complexity index is 546. The van der Waals surface area contributed by atoms with E-state index in [1.54, 1.807) is 6.07 Å². The normalized spacial score (nSPS) is 10.2. The third-order valence-electron chi connectivity index (χ3n) is 2.06. The van der Waals surface area contributed by atoms with E-state index in [9.17, 15) is 9.59 Å². The van der Waals surface area contributed by atoms with Crippen molar-refractivity contribution in [1.82, 2.24) is 20.3 Å². The Morgan fingerprint density at radius 1 is 1.50 bits per heavy atom. The van der Waals surface area contributed by atoms with Crippen LogP contribution in [0.2, 0.25) is 0 Å². The fourth-order valence-electron chi connectivity index (χ4n) is 1.30. The Morgan fingerprint density at radius 3 is 3.00 bits per heavy atom. The SMILES string of the molecule is O=C(O)Cn1cc(CNC(=O)c2ccco2)nn1. The van der Waals surface area contributed by atoms with Gasteiger partial charge in [-0.1, -0.05) is 5.21 Å².